The molecule has 0 aliphatic rings. The Bertz CT molecular complexity index is 996. The van der Waals surface area contributed by atoms with E-state index in [2.05, 4.69) is 27.7 Å². The fourth-order valence-corrected chi connectivity index (χ4v) is 9.28. The average Bonchev–Trinajstić information content (AvgIpc) is 3.30. The van der Waals surface area contributed by atoms with Gasteiger partial charge in [-0.25, -0.2) is 0 Å². The van der Waals surface area contributed by atoms with Crippen molar-refractivity contribution in [1.29, 1.82) is 0 Å². The van der Waals surface area contributed by atoms with Crippen LogP contribution in [0.3, 0.4) is 0 Å². The molecule has 0 aromatic heterocycles. The van der Waals surface area contributed by atoms with Crippen LogP contribution in [0.5, 0.6) is 0 Å². The molecule has 392 valence electrons. The molecule has 66 heavy (non-hydrogen) atoms. The second kappa shape index (κ2) is 54.4. The molecule has 6 heteroatoms. The molecule has 1 atom stereocenters. The van der Waals surface area contributed by atoms with E-state index >= 15 is 0 Å². The molecular weight excluding hydrogens is 817 g/mol. The van der Waals surface area contributed by atoms with Crippen molar-refractivity contribution >= 4 is 17.9 Å². The van der Waals surface area contributed by atoms with Gasteiger partial charge in [-0.1, -0.05) is 304 Å². The number of hydrogen-bond acceptors (Lipinski definition) is 6. The molecule has 0 fully saturated rings. The van der Waals surface area contributed by atoms with Crippen molar-refractivity contribution in [3.05, 3.63) is 0 Å². The van der Waals surface area contributed by atoms with Crippen LogP contribution in [0.25, 0.3) is 0 Å². The van der Waals surface area contributed by atoms with Crippen molar-refractivity contribution < 1.29 is 28.6 Å². The standard InChI is InChI=1S/C60H116O6/c1-5-7-9-11-13-15-17-18-19-20-21-26-29-33-37-41-45-49-53-60(63)66-57(54-64-58(61)51-47-43-39-35-30-16-14-12-10-8-6-2)55-65-59(62)52-48-44-40-36-32-28-25-23-22-24-27-31-34-38-42-46-50-56(3)4/h56-57H,5-55H2,1-4H3/t57-/m0/s1. The van der Waals surface area contributed by atoms with Crippen molar-refractivity contribution in [1.82, 2.24) is 0 Å². The molecule has 0 heterocycles. The summed E-state index contributed by atoms with van der Waals surface area (Å²) in [5.74, 6) is 0.0191. The SMILES string of the molecule is CCCCCCCCCCCCCCCCCCCCC(=O)O[C@@H](COC(=O)CCCCCCCCCCCCC)COC(=O)CCCCCCCCCCCCCCCCCCC(C)C. The first-order valence-corrected chi connectivity index (χ1v) is 29.9. The fraction of sp³-hybridized carbons (Fsp3) is 0.950. The van der Waals surface area contributed by atoms with Crippen molar-refractivity contribution in [3.8, 4) is 0 Å². The van der Waals surface area contributed by atoms with E-state index < -0.39 is 6.10 Å². The maximum Gasteiger partial charge on any atom is 0.306 e. The van der Waals surface area contributed by atoms with Crippen molar-refractivity contribution in [3.63, 3.8) is 0 Å². The minimum atomic E-state index is -0.761. The second-order valence-corrected chi connectivity index (χ2v) is 21.1. The highest BCUT2D eigenvalue weighted by Gasteiger charge is 2.19. The zero-order valence-corrected chi connectivity index (χ0v) is 45.2. The summed E-state index contributed by atoms with van der Waals surface area (Å²) >= 11 is 0. The van der Waals surface area contributed by atoms with Gasteiger partial charge in [0, 0.05) is 19.3 Å². The van der Waals surface area contributed by atoms with Gasteiger partial charge in [0.2, 0.25) is 0 Å². The lowest BCUT2D eigenvalue weighted by molar-refractivity contribution is -0.167. The molecule has 0 spiro atoms. The predicted molar refractivity (Wildman–Crippen MR) is 284 cm³/mol. The van der Waals surface area contributed by atoms with E-state index in [1.54, 1.807) is 0 Å². The molecule has 0 amide bonds. The Morgan fingerprint density at radius 3 is 0.742 bits per heavy atom. The second-order valence-electron chi connectivity index (χ2n) is 21.1. The Labute approximate surface area is 412 Å². The Balaban J connectivity index is 4.24. The summed E-state index contributed by atoms with van der Waals surface area (Å²) in [6, 6.07) is 0. The van der Waals surface area contributed by atoms with E-state index in [9.17, 15) is 14.4 Å². The molecule has 0 aliphatic heterocycles. The van der Waals surface area contributed by atoms with Gasteiger partial charge in [0.25, 0.3) is 0 Å². The Morgan fingerprint density at radius 1 is 0.288 bits per heavy atom. The minimum Gasteiger partial charge on any atom is -0.462 e. The third-order valence-corrected chi connectivity index (χ3v) is 13.8. The van der Waals surface area contributed by atoms with E-state index in [-0.39, 0.29) is 31.1 Å². The molecule has 0 aliphatic carbocycles. The lowest BCUT2D eigenvalue weighted by atomic mass is 10.0. The number of carbonyl (C=O) groups excluding carboxylic acids is 3. The summed E-state index contributed by atoms with van der Waals surface area (Å²) in [6.07, 6.45) is 59.5. The number of carbonyl (C=O) groups is 3. The minimum absolute atomic E-state index is 0.0616. The van der Waals surface area contributed by atoms with E-state index in [1.165, 1.54) is 238 Å². The Kier molecular flexibility index (Phi) is 53.0. The van der Waals surface area contributed by atoms with Crippen LogP contribution in [0.2, 0.25) is 0 Å². The van der Waals surface area contributed by atoms with Gasteiger partial charge in [-0.3, -0.25) is 14.4 Å². The molecule has 0 saturated carbocycles. The van der Waals surface area contributed by atoms with Crippen LogP contribution in [0, 0.1) is 5.92 Å². The Hall–Kier alpha value is -1.59. The van der Waals surface area contributed by atoms with Crippen molar-refractivity contribution in [2.75, 3.05) is 13.2 Å². The average molecular weight is 934 g/mol. The van der Waals surface area contributed by atoms with Crippen LogP contribution in [0.1, 0.15) is 342 Å². The highest BCUT2D eigenvalue weighted by Crippen LogP contribution is 2.18. The van der Waals surface area contributed by atoms with Crippen LogP contribution < -0.4 is 0 Å². The highest BCUT2D eigenvalue weighted by atomic mass is 16.6. The van der Waals surface area contributed by atoms with E-state index in [4.69, 9.17) is 14.2 Å². The van der Waals surface area contributed by atoms with E-state index in [0.29, 0.717) is 19.3 Å². The zero-order valence-electron chi connectivity index (χ0n) is 45.2. The van der Waals surface area contributed by atoms with Gasteiger partial charge in [0.1, 0.15) is 13.2 Å². The van der Waals surface area contributed by atoms with Crippen molar-refractivity contribution in [2.45, 2.75) is 348 Å². The lowest BCUT2D eigenvalue weighted by Crippen LogP contribution is -2.30. The molecule has 0 unspecified atom stereocenters. The quantitative estimate of drug-likeness (QED) is 0.0343. The van der Waals surface area contributed by atoms with Gasteiger partial charge in [-0.15, -0.1) is 0 Å². The summed E-state index contributed by atoms with van der Waals surface area (Å²) in [5, 5.41) is 0. The van der Waals surface area contributed by atoms with Gasteiger partial charge < -0.3 is 14.2 Å². The monoisotopic (exact) mass is 933 g/mol. The van der Waals surface area contributed by atoms with Gasteiger partial charge in [-0.2, -0.15) is 0 Å². The van der Waals surface area contributed by atoms with E-state index in [1.807, 2.05) is 0 Å². The normalized spacial score (nSPS) is 12.0. The largest absolute Gasteiger partial charge is 0.462 e. The smallest absolute Gasteiger partial charge is 0.306 e. The number of esters is 3. The maximum atomic E-state index is 12.9. The molecule has 0 saturated heterocycles. The van der Waals surface area contributed by atoms with Crippen LogP contribution in [0.15, 0.2) is 0 Å². The summed E-state index contributed by atoms with van der Waals surface area (Å²) in [7, 11) is 0. The summed E-state index contributed by atoms with van der Waals surface area (Å²) in [4.78, 5) is 38.1. The maximum absolute atomic E-state index is 12.9. The zero-order chi connectivity index (χ0) is 48.1. The first kappa shape index (κ1) is 64.4. The lowest BCUT2D eigenvalue weighted by Gasteiger charge is -2.18. The predicted octanol–water partition coefficient (Wildman–Crippen LogP) is 19.8. The first-order valence-electron chi connectivity index (χ1n) is 29.9. The topological polar surface area (TPSA) is 78.9 Å². The van der Waals surface area contributed by atoms with E-state index in [0.717, 1.165) is 63.7 Å². The fourth-order valence-electron chi connectivity index (χ4n) is 9.28. The summed E-state index contributed by atoms with van der Waals surface area (Å²) in [5.41, 5.74) is 0. The van der Waals surface area contributed by atoms with Crippen LogP contribution in [0.4, 0.5) is 0 Å². The summed E-state index contributed by atoms with van der Waals surface area (Å²) < 4.78 is 16.9. The van der Waals surface area contributed by atoms with Crippen LogP contribution >= 0.6 is 0 Å². The molecule has 0 aromatic rings. The van der Waals surface area contributed by atoms with Gasteiger partial charge >= 0.3 is 17.9 Å². The van der Waals surface area contributed by atoms with Crippen molar-refractivity contribution in [2.24, 2.45) is 5.92 Å². The first-order chi connectivity index (χ1) is 32.4. The summed E-state index contributed by atoms with van der Waals surface area (Å²) in [6.45, 7) is 9.07. The number of rotatable bonds is 55. The third-order valence-electron chi connectivity index (χ3n) is 13.8. The van der Waals surface area contributed by atoms with Crippen LogP contribution in [-0.4, -0.2) is 37.2 Å². The molecule has 0 bridgehead atoms. The Morgan fingerprint density at radius 2 is 0.500 bits per heavy atom. The van der Waals surface area contributed by atoms with Gasteiger partial charge in [0.05, 0.1) is 0 Å². The molecular formula is C60H116O6. The molecule has 0 N–H and O–H groups in total. The van der Waals surface area contributed by atoms with Crippen LogP contribution in [-0.2, 0) is 28.6 Å². The number of hydrogen-bond donors (Lipinski definition) is 0. The highest BCUT2D eigenvalue weighted by molar-refractivity contribution is 5.71. The van der Waals surface area contributed by atoms with Gasteiger partial charge in [0.15, 0.2) is 6.10 Å². The van der Waals surface area contributed by atoms with Gasteiger partial charge in [-0.05, 0) is 25.2 Å². The third kappa shape index (κ3) is 53.4. The number of unbranched alkanes of at least 4 members (excludes halogenated alkanes) is 42. The number of ether oxygens (including phenoxy) is 3. The molecule has 0 rings (SSSR count). The molecule has 0 radical (unpaired) electrons. The molecule has 6 nitrogen and oxygen atoms in total. The molecule has 0 aromatic carbocycles.